The first-order valence-electron chi connectivity index (χ1n) is 7.90. The van der Waals surface area contributed by atoms with E-state index in [0.29, 0.717) is 17.7 Å². The first kappa shape index (κ1) is 18.4. The molecule has 25 heavy (non-hydrogen) atoms. The maximum atomic E-state index is 12.1. The number of hydrogen-bond acceptors (Lipinski definition) is 4. The van der Waals surface area contributed by atoms with E-state index >= 15 is 0 Å². The number of anilines is 1. The van der Waals surface area contributed by atoms with Crippen LogP contribution in [0.1, 0.15) is 16.7 Å². The Morgan fingerprint density at radius 3 is 2.52 bits per heavy atom. The molecule has 0 aliphatic carbocycles. The molecule has 2 amide bonds. The summed E-state index contributed by atoms with van der Waals surface area (Å²) in [5, 5.41) is 26.2. The third-order valence-electron chi connectivity index (χ3n) is 3.89. The van der Waals surface area contributed by atoms with Crippen LogP contribution in [0.5, 0.6) is 0 Å². The number of aryl methyl sites for hydroxylation is 1. The van der Waals surface area contributed by atoms with Gasteiger partial charge in [-0.3, -0.25) is 10.1 Å². The number of benzene rings is 2. The van der Waals surface area contributed by atoms with E-state index in [2.05, 4.69) is 10.6 Å². The highest BCUT2D eigenvalue weighted by Gasteiger charge is 2.17. The summed E-state index contributed by atoms with van der Waals surface area (Å²) in [6.07, 6.45) is -0.295. The van der Waals surface area contributed by atoms with Gasteiger partial charge in [-0.2, -0.15) is 0 Å². The summed E-state index contributed by atoms with van der Waals surface area (Å²) >= 11 is 0. The predicted octanol–water partition coefficient (Wildman–Crippen LogP) is 2.94. The zero-order valence-electron chi connectivity index (χ0n) is 14.2. The number of urea groups is 1. The molecule has 0 aliphatic rings. The lowest BCUT2D eigenvalue weighted by atomic mass is 10.1. The van der Waals surface area contributed by atoms with E-state index in [-0.39, 0.29) is 12.2 Å². The smallest absolute Gasteiger partial charge is 0.319 e. The number of carbonyl (C=O) groups excluding carboxylic acids is 1. The molecule has 3 N–H and O–H groups in total. The van der Waals surface area contributed by atoms with E-state index in [9.17, 15) is 20.0 Å². The molecule has 2 rings (SSSR count). The molecule has 0 heterocycles. The highest BCUT2D eigenvalue weighted by molar-refractivity contribution is 5.91. The number of nitrogens with one attached hydrogen (secondary N) is 2. The molecule has 1 atom stereocenters. The zero-order chi connectivity index (χ0) is 18.4. The summed E-state index contributed by atoms with van der Waals surface area (Å²) in [6, 6.07) is 12.0. The zero-order valence-corrected chi connectivity index (χ0v) is 14.2. The van der Waals surface area contributed by atoms with Crippen molar-refractivity contribution in [2.45, 2.75) is 26.4 Å². The molecule has 1 unspecified atom stereocenters. The third kappa shape index (κ3) is 5.02. The molecule has 0 aromatic heterocycles. The summed E-state index contributed by atoms with van der Waals surface area (Å²) in [5.74, 6) is 0. The Morgan fingerprint density at radius 1 is 1.20 bits per heavy atom. The molecule has 0 bridgehead atoms. The monoisotopic (exact) mass is 343 g/mol. The number of aliphatic hydroxyl groups excluding tert-OH is 1. The van der Waals surface area contributed by atoms with Crippen LogP contribution < -0.4 is 10.6 Å². The first-order valence-corrected chi connectivity index (χ1v) is 7.90. The minimum Gasteiger partial charge on any atom is -0.391 e. The van der Waals surface area contributed by atoms with Gasteiger partial charge in [-0.1, -0.05) is 36.4 Å². The van der Waals surface area contributed by atoms with E-state index in [0.717, 1.165) is 11.1 Å². The molecule has 0 radical (unpaired) electrons. The van der Waals surface area contributed by atoms with Crippen molar-refractivity contribution in [3.63, 3.8) is 0 Å². The van der Waals surface area contributed by atoms with Gasteiger partial charge in [0.1, 0.15) is 0 Å². The number of nitro benzene ring substituents is 1. The van der Waals surface area contributed by atoms with Crippen LogP contribution in [0.15, 0.2) is 42.5 Å². The lowest BCUT2D eigenvalue weighted by Crippen LogP contribution is -2.36. The number of nitrogens with zero attached hydrogens (tertiary/aromatic N) is 1. The molecule has 2 aromatic carbocycles. The van der Waals surface area contributed by atoms with Crippen molar-refractivity contribution in [1.29, 1.82) is 0 Å². The van der Waals surface area contributed by atoms with Gasteiger partial charge in [-0.25, -0.2) is 4.79 Å². The fourth-order valence-electron chi connectivity index (χ4n) is 2.55. The SMILES string of the molecule is Cc1ccc([N+](=O)[O-])c(C)c1NC(=O)NCC(O)Cc1ccccc1. The minimum absolute atomic E-state index is 0.0509. The fourth-order valence-corrected chi connectivity index (χ4v) is 2.55. The topological polar surface area (TPSA) is 105 Å². The van der Waals surface area contributed by atoms with Crippen molar-refractivity contribution in [2.75, 3.05) is 11.9 Å². The van der Waals surface area contributed by atoms with Gasteiger partial charge in [0.25, 0.3) is 5.69 Å². The van der Waals surface area contributed by atoms with E-state index in [1.807, 2.05) is 30.3 Å². The van der Waals surface area contributed by atoms with Crippen molar-refractivity contribution in [1.82, 2.24) is 5.32 Å². The largest absolute Gasteiger partial charge is 0.391 e. The Kier molecular flexibility index (Phi) is 6.08. The van der Waals surface area contributed by atoms with Crippen LogP contribution in [-0.4, -0.2) is 28.7 Å². The Morgan fingerprint density at radius 2 is 1.88 bits per heavy atom. The van der Waals surface area contributed by atoms with Gasteiger partial charge < -0.3 is 15.7 Å². The molecular formula is C18H21N3O4. The van der Waals surface area contributed by atoms with Crippen LogP contribution in [0.3, 0.4) is 0 Å². The molecule has 0 fully saturated rings. The summed E-state index contributed by atoms with van der Waals surface area (Å²) < 4.78 is 0. The summed E-state index contributed by atoms with van der Waals surface area (Å²) in [4.78, 5) is 22.6. The van der Waals surface area contributed by atoms with Crippen molar-refractivity contribution < 1.29 is 14.8 Å². The lowest BCUT2D eigenvalue weighted by molar-refractivity contribution is -0.385. The number of hydrogen-bond donors (Lipinski definition) is 3. The van der Waals surface area contributed by atoms with Crippen LogP contribution in [0.25, 0.3) is 0 Å². The third-order valence-corrected chi connectivity index (χ3v) is 3.89. The quantitative estimate of drug-likeness (QED) is 0.554. The fraction of sp³-hybridized carbons (Fsp3) is 0.278. The van der Waals surface area contributed by atoms with E-state index in [4.69, 9.17) is 0 Å². The molecule has 132 valence electrons. The maximum absolute atomic E-state index is 12.1. The van der Waals surface area contributed by atoms with Gasteiger partial charge in [0.2, 0.25) is 0 Å². The van der Waals surface area contributed by atoms with Gasteiger partial charge in [0.05, 0.1) is 22.3 Å². The molecule has 7 heteroatoms. The number of rotatable bonds is 6. The van der Waals surface area contributed by atoms with Crippen LogP contribution in [0.4, 0.5) is 16.2 Å². The van der Waals surface area contributed by atoms with Crippen molar-refractivity contribution in [3.8, 4) is 0 Å². The summed E-state index contributed by atoms with van der Waals surface area (Å²) in [6.45, 7) is 3.43. The lowest BCUT2D eigenvalue weighted by Gasteiger charge is -2.15. The van der Waals surface area contributed by atoms with E-state index in [1.165, 1.54) is 6.07 Å². The molecule has 2 aromatic rings. The summed E-state index contributed by atoms with van der Waals surface area (Å²) in [5.41, 5.74) is 2.45. The van der Waals surface area contributed by atoms with E-state index in [1.54, 1.807) is 19.9 Å². The standard InChI is InChI=1S/C18H21N3O4/c1-12-8-9-16(21(24)25)13(2)17(12)20-18(23)19-11-15(22)10-14-6-4-3-5-7-14/h3-9,15,22H,10-11H2,1-2H3,(H2,19,20,23). The Balaban J connectivity index is 1.94. The van der Waals surface area contributed by atoms with Gasteiger partial charge in [-0.05, 0) is 25.0 Å². The van der Waals surface area contributed by atoms with Crippen molar-refractivity contribution in [2.24, 2.45) is 0 Å². The maximum Gasteiger partial charge on any atom is 0.319 e. The molecule has 0 spiro atoms. The van der Waals surface area contributed by atoms with E-state index < -0.39 is 17.1 Å². The van der Waals surface area contributed by atoms with Crippen LogP contribution in [0, 0.1) is 24.0 Å². The molecule has 7 nitrogen and oxygen atoms in total. The van der Waals surface area contributed by atoms with Crippen LogP contribution in [0.2, 0.25) is 0 Å². The highest BCUT2D eigenvalue weighted by atomic mass is 16.6. The normalized spacial score (nSPS) is 11.6. The van der Waals surface area contributed by atoms with Gasteiger partial charge in [0, 0.05) is 19.0 Å². The van der Waals surface area contributed by atoms with Gasteiger partial charge in [-0.15, -0.1) is 0 Å². The number of aliphatic hydroxyl groups is 1. The minimum atomic E-state index is -0.722. The molecule has 0 aliphatic heterocycles. The second-order valence-electron chi connectivity index (χ2n) is 5.84. The van der Waals surface area contributed by atoms with Gasteiger partial charge in [0.15, 0.2) is 0 Å². The second kappa shape index (κ2) is 8.25. The number of carbonyl (C=O) groups is 1. The molecule has 0 saturated heterocycles. The molecular weight excluding hydrogens is 322 g/mol. The number of amides is 2. The van der Waals surface area contributed by atoms with Crippen molar-refractivity contribution >= 4 is 17.4 Å². The average Bonchev–Trinajstić information content (AvgIpc) is 2.57. The Hall–Kier alpha value is -2.93. The average molecular weight is 343 g/mol. The summed E-state index contributed by atoms with van der Waals surface area (Å²) in [7, 11) is 0. The predicted molar refractivity (Wildman–Crippen MR) is 95.7 cm³/mol. The van der Waals surface area contributed by atoms with Crippen molar-refractivity contribution in [3.05, 3.63) is 69.3 Å². The molecule has 0 saturated carbocycles. The van der Waals surface area contributed by atoms with Gasteiger partial charge >= 0.3 is 6.03 Å². The van der Waals surface area contributed by atoms with Crippen LogP contribution in [-0.2, 0) is 6.42 Å². The second-order valence-corrected chi connectivity index (χ2v) is 5.84. The van der Waals surface area contributed by atoms with Crippen LogP contribution >= 0.6 is 0 Å². The Labute approximate surface area is 145 Å². The first-order chi connectivity index (χ1) is 11.9. The number of nitro groups is 1. The highest BCUT2D eigenvalue weighted by Crippen LogP contribution is 2.28. The Bertz CT molecular complexity index is 762.